The van der Waals surface area contributed by atoms with Crippen LogP contribution >= 0.6 is 0 Å². The van der Waals surface area contributed by atoms with E-state index in [-0.39, 0.29) is 23.1 Å². The van der Waals surface area contributed by atoms with Crippen LogP contribution < -0.4 is 5.32 Å². The summed E-state index contributed by atoms with van der Waals surface area (Å²) in [6.07, 6.45) is 2.27. The number of hydrogen-bond donors (Lipinski definition) is 1. The second-order valence-corrected chi connectivity index (χ2v) is 9.62. The van der Waals surface area contributed by atoms with E-state index in [1.165, 1.54) is 18.2 Å². The Morgan fingerprint density at radius 2 is 1.76 bits per heavy atom. The van der Waals surface area contributed by atoms with Crippen LogP contribution in [0.25, 0.3) is 17.1 Å². The van der Waals surface area contributed by atoms with Gasteiger partial charge in [-0.05, 0) is 56.6 Å². The largest absolute Gasteiger partial charge is 0.417 e. The van der Waals surface area contributed by atoms with Crippen LogP contribution in [-0.2, 0) is 19.0 Å². The molecular formula is C30H33F4N3. The summed E-state index contributed by atoms with van der Waals surface area (Å²) in [6, 6.07) is 10.3. The van der Waals surface area contributed by atoms with Crippen LogP contribution in [0.5, 0.6) is 0 Å². The number of aromatic nitrogens is 2. The summed E-state index contributed by atoms with van der Waals surface area (Å²) in [5.74, 6) is 0.238. The van der Waals surface area contributed by atoms with Crippen molar-refractivity contribution in [2.45, 2.75) is 77.3 Å². The van der Waals surface area contributed by atoms with Gasteiger partial charge in [0.2, 0.25) is 0 Å². The predicted octanol–water partition coefficient (Wildman–Crippen LogP) is 8.95. The van der Waals surface area contributed by atoms with Crippen molar-refractivity contribution in [3.05, 3.63) is 82.8 Å². The molecular weight excluding hydrogens is 478 g/mol. The molecule has 1 N–H and O–H groups in total. The molecule has 0 fully saturated rings. The summed E-state index contributed by atoms with van der Waals surface area (Å²) in [7, 11) is 0. The number of nitrogens with zero attached hydrogens (tertiary/aromatic N) is 2. The summed E-state index contributed by atoms with van der Waals surface area (Å²) >= 11 is 0. The lowest BCUT2D eigenvalue weighted by molar-refractivity contribution is -0.137. The lowest BCUT2D eigenvalue weighted by Crippen LogP contribution is -2.13. The van der Waals surface area contributed by atoms with Crippen LogP contribution in [0.3, 0.4) is 0 Å². The van der Waals surface area contributed by atoms with Crippen molar-refractivity contribution in [2.75, 3.05) is 5.32 Å². The molecule has 196 valence electrons. The van der Waals surface area contributed by atoms with Crippen LogP contribution in [0.4, 0.5) is 23.4 Å². The smallest absolute Gasteiger partial charge is 0.340 e. The van der Waals surface area contributed by atoms with Crippen molar-refractivity contribution in [3.63, 3.8) is 0 Å². The number of anilines is 1. The van der Waals surface area contributed by atoms with E-state index in [0.717, 1.165) is 62.3 Å². The molecule has 0 bridgehead atoms. The highest BCUT2D eigenvalue weighted by Crippen LogP contribution is 2.38. The maximum Gasteiger partial charge on any atom is 0.417 e. The Morgan fingerprint density at radius 3 is 2.49 bits per heavy atom. The summed E-state index contributed by atoms with van der Waals surface area (Å²) in [5.41, 5.74) is 2.58. The number of alkyl halides is 3. The van der Waals surface area contributed by atoms with Crippen molar-refractivity contribution in [3.8, 4) is 11.4 Å². The molecule has 1 aliphatic rings. The number of nitrogens with one attached hydrogen (secondary N) is 1. The Morgan fingerprint density at radius 1 is 1.00 bits per heavy atom. The molecule has 0 saturated carbocycles. The molecule has 0 aliphatic heterocycles. The molecule has 37 heavy (non-hydrogen) atoms. The van der Waals surface area contributed by atoms with Gasteiger partial charge in [0, 0.05) is 33.6 Å². The number of aryl methyl sites for hydroxylation is 1. The van der Waals surface area contributed by atoms with Gasteiger partial charge >= 0.3 is 6.18 Å². The molecule has 1 aromatic heterocycles. The van der Waals surface area contributed by atoms with Gasteiger partial charge in [0.05, 0.1) is 5.56 Å². The molecule has 3 aromatic rings. The van der Waals surface area contributed by atoms with E-state index in [1.807, 2.05) is 13.0 Å². The fraction of sp³-hybridized carbons (Fsp3) is 0.400. The molecule has 1 heterocycles. The van der Waals surface area contributed by atoms with Gasteiger partial charge in [0.1, 0.15) is 11.6 Å². The first kappa shape index (κ1) is 26.8. The average Bonchev–Trinajstić information content (AvgIpc) is 3.12. The number of fused-ring (bicyclic) bond motifs is 1. The van der Waals surface area contributed by atoms with Gasteiger partial charge in [-0.25, -0.2) is 14.4 Å². The number of benzene rings is 2. The predicted molar refractivity (Wildman–Crippen MR) is 141 cm³/mol. The van der Waals surface area contributed by atoms with Gasteiger partial charge in [-0.15, -0.1) is 0 Å². The molecule has 1 unspecified atom stereocenters. The van der Waals surface area contributed by atoms with Gasteiger partial charge in [0.15, 0.2) is 5.82 Å². The molecule has 1 aliphatic carbocycles. The highest BCUT2D eigenvalue weighted by atomic mass is 19.4. The van der Waals surface area contributed by atoms with Crippen LogP contribution in [0.1, 0.15) is 86.2 Å². The molecule has 2 aromatic carbocycles. The van der Waals surface area contributed by atoms with E-state index in [2.05, 4.69) is 28.8 Å². The zero-order valence-corrected chi connectivity index (χ0v) is 21.4. The Balaban J connectivity index is 1.81. The zero-order valence-electron chi connectivity index (χ0n) is 21.4. The minimum atomic E-state index is -4.53. The third kappa shape index (κ3) is 5.86. The van der Waals surface area contributed by atoms with E-state index >= 15 is 4.39 Å². The van der Waals surface area contributed by atoms with Crippen molar-refractivity contribution in [1.29, 1.82) is 0 Å². The van der Waals surface area contributed by atoms with E-state index in [4.69, 9.17) is 0 Å². The average molecular weight is 512 g/mol. The Labute approximate surface area is 216 Å². The first-order valence-corrected chi connectivity index (χ1v) is 13.1. The molecule has 0 amide bonds. The van der Waals surface area contributed by atoms with Gasteiger partial charge in [-0.3, -0.25) is 0 Å². The van der Waals surface area contributed by atoms with Crippen molar-refractivity contribution in [2.24, 2.45) is 0 Å². The topological polar surface area (TPSA) is 37.8 Å². The van der Waals surface area contributed by atoms with E-state index < -0.39 is 11.7 Å². The SMILES string of the molecule is C=C(Nc1nc(-c2ccccc2C(F)(F)F)nc2c1CCCCC2)c1cccc(F)c1C(CC)CCC. The van der Waals surface area contributed by atoms with E-state index in [9.17, 15) is 13.2 Å². The van der Waals surface area contributed by atoms with Gasteiger partial charge in [-0.2, -0.15) is 13.2 Å². The Hall–Kier alpha value is -3.22. The van der Waals surface area contributed by atoms with Gasteiger partial charge in [0.25, 0.3) is 0 Å². The fourth-order valence-electron chi connectivity index (χ4n) is 5.25. The van der Waals surface area contributed by atoms with Gasteiger partial charge < -0.3 is 5.32 Å². The zero-order chi connectivity index (χ0) is 26.6. The summed E-state index contributed by atoms with van der Waals surface area (Å²) in [4.78, 5) is 9.23. The Bertz CT molecular complexity index is 1270. The molecule has 0 saturated heterocycles. The molecule has 4 rings (SSSR count). The first-order chi connectivity index (χ1) is 17.7. The lowest BCUT2D eigenvalue weighted by atomic mass is 9.87. The third-order valence-corrected chi connectivity index (χ3v) is 7.09. The third-order valence-electron chi connectivity index (χ3n) is 7.09. The van der Waals surface area contributed by atoms with Crippen LogP contribution in [0, 0.1) is 5.82 Å². The van der Waals surface area contributed by atoms with E-state index in [1.54, 1.807) is 12.1 Å². The molecule has 7 heteroatoms. The van der Waals surface area contributed by atoms with Crippen LogP contribution in [0.15, 0.2) is 49.0 Å². The van der Waals surface area contributed by atoms with Crippen LogP contribution in [-0.4, -0.2) is 9.97 Å². The summed E-state index contributed by atoms with van der Waals surface area (Å²) in [5, 5.41) is 3.28. The van der Waals surface area contributed by atoms with Crippen molar-refractivity contribution >= 4 is 11.5 Å². The summed E-state index contributed by atoms with van der Waals surface area (Å²) in [6.45, 7) is 8.33. The van der Waals surface area contributed by atoms with Crippen molar-refractivity contribution < 1.29 is 17.6 Å². The standard InChI is InChI=1S/C30H33F4N3/c1-4-12-20(5-2)27-21(15-11-17-25(27)31)19(3)35-29-23-14-7-6-8-18-26(23)36-28(37-29)22-13-9-10-16-24(22)30(32,33)34/h9-11,13,15-17,20H,3-8,12,14,18H2,1-2H3,(H,35,36,37). The first-order valence-electron chi connectivity index (χ1n) is 13.1. The number of hydrogen-bond acceptors (Lipinski definition) is 3. The maximum absolute atomic E-state index is 15.1. The second kappa shape index (κ2) is 11.4. The van der Waals surface area contributed by atoms with Crippen molar-refractivity contribution in [1.82, 2.24) is 9.97 Å². The normalized spacial score (nSPS) is 14.5. The monoisotopic (exact) mass is 511 g/mol. The molecule has 1 atom stereocenters. The second-order valence-electron chi connectivity index (χ2n) is 9.62. The summed E-state index contributed by atoms with van der Waals surface area (Å²) < 4.78 is 56.5. The van der Waals surface area contributed by atoms with Gasteiger partial charge in [-0.1, -0.05) is 63.6 Å². The lowest BCUT2D eigenvalue weighted by Gasteiger charge is -2.22. The van der Waals surface area contributed by atoms with Crippen LogP contribution in [0.2, 0.25) is 0 Å². The number of rotatable bonds is 8. The molecule has 0 radical (unpaired) electrons. The minimum Gasteiger partial charge on any atom is -0.340 e. The quantitative estimate of drug-likeness (QED) is 0.242. The molecule has 3 nitrogen and oxygen atoms in total. The highest BCUT2D eigenvalue weighted by molar-refractivity contribution is 5.78. The maximum atomic E-state index is 15.1. The highest BCUT2D eigenvalue weighted by Gasteiger charge is 2.34. The van der Waals surface area contributed by atoms with E-state index in [0.29, 0.717) is 29.1 Å². The Kier molecular flexibility index (Phi) is 8.30. The molecule has 0 spiro atoms. The fourth-order valence-corrected chi connectivity index (χ4v) is 5.25. The minimum absolute atomic E-state index is 0.0285. The number of halogens is 4.